The predicted molar refractivity (Wildman–Crippen MR) is 308 cm³/mol. The van der Waals surface area contributed by atoms with E-state index in [0.717, 1.165) is 127 Å². The summed E-state index contributed by atoms with van der Waals surface area (Å²) in [5.74, 6) is 1.65. The van der Waals surface area contributed by atoms with Crippen LogP contribution < -0.4 is 0 Å². The molecule has 0 spiro atoms. The lowest BCUT2D eigenvalue weighted by atomic mass is 9.97. The zero-order chi connectivity index (χ0) is 49.8. The second kappa shape index (κ2) is 16.5. The van der Waals surface area contributed by atoms with Crippen LogP contribution >= 0.6 is 0 Å². The number of furan rings is 2. The maximum Gasteiger partial charge on any atom is 0.166 e. The number of aromatic nitrogens is 6. The summed E-state index contributed by atoms with van der Waals surface area (Å²) >= 11 is 0. The number of nitrogens with zero attached hydrogens (tertiary/aromatic N) is 6. The molecule has 10 aromatic carbocycles. The fourth-order valence-electron chi connectivity index (χ4n) is 11.5. The van der Waals surface area contributed by atoms with Crippen molar-refractivity contribution >= 4 is 87.5 Å². The Bertz CT molecular complexity index is 4920. The highest BCUT2D eigenvalue weighted by Gasteiger charge is 2.23. The number of para-hydroxylation sites is 4. The zero-order valence-electron chi connectivity index (χ0n) is 40.6. The Labute approximate surface area is 434 Å². The van der Waals surface area contributed by atoms with Crippen molar-refractivity contribution in [1.29, 1.82) is 0 Å². The van der Waals surface area contributed by atoms with Crippen LogP contribution in [0.15, 0.2) is 252 Å². The minimum absolute atomic E-state index is 0.511. The fraction of sp³-hybridized carbons (Fsp3) is 0. The maximum atomic E-state index is 6.71. The molecule has 0 saturated carbocycles. The minimum Gasteiger partial charge on any atom is -0.456 e. The van der Waals surface area contributed by atoms with Crippen molar-refractivity contribution in [1.82, 2.24) is 29.1 Å². The van der Waals surface area contributed by atoms with E-state index >= 15 is 0 Å². The molecule has 6 heterocycles. The first-order chi connectivity index (χ1) is 37.6. The summed E-state index contributed by atoms with van der Waals surface area (Å²) in [6, 6.07) is 82.3. The van der Waals surface area contributed by atoms with Gasteiger partial charge in [0.15, 0.2) is 17.5 Å². The Morgan fingerprint density at radius 3 is 1.24 bits per heavy atom. The molecule has 0 fully saturated rings. The van der Waals surface area contributed by atoms with Gasteiger partial charge in [-0.2, -0.15) is 0 Å². The molecule has 8 heteroatoms. The van der Waals surface area contributed by atoms with E-state index in [0.29, 0.717) is 17.5 Å². The van der Waals surface area contributed by atoms with E-state index in [-0.39, 0.29) is 0 Å². The largest absolute Gasteiger partial charge is 0.456 e. The minimum atomic E-state index is 0.511. The van der Waals surface area contributed by atoms with Crippen LogP contribution in [0.4, 0.5) is 0 Å². The highest BCUT2D eigenvalue weighted by Crippen LogP contribution is 2.43. The molecule has 8 nitrogen and oxygen atoms in total. The third-order valence-electron chi connectivity index (χ3n) is 15.0. The van der Waals surface area contributed by atoms with Crippen molar-refractivity contribution in [2.45, 2.75) is 0 Å². The second-order valence-corrected chi connectivity index (χ2v) is 19.4. The lowest BCUT2D eigenvalue weighted by molar-refractivity contribution is 0.669. The molecule has 0 aliphatic rings. The Morgan fingerprint density at radius 2 is 0.711 bits per heavy atom. The molecule has 0 aliphatic heterocycles. The van der Waals surface area contributed by atoms with Gasteiger partial charge >= 0.3 is 0 Å². The van der Waals surface area contributed by atoms with Gasteiger partial charge in [0.2, 0.25) is 0 Å². The fourth-order valence-corrected chi connectivity index (χ4v) is 11.5. The Morgan fingerprint density at radius 1 is 0.276 bits per heavy atom. The van der Waals surface area contributed by atoms with Gasteiger partial charge in [0.05, 0.1) is 27.8 Å². The van der Waals surface area contributed by atoms with E-state index in [1.54, 1.807) is 0 Å². The number of hydrogen-bond acceptors (Lipinski definition) is 6. The lowest BCUT2D eigenvalue weighted by Crippen LogP contribution is -2.02. The molecule has 0 atom stereocenters. The summed E-state index contributed by atoms with van der Waals surface area (Å²) in [6.07, 6.45) is 1.96. The van der Waals surface area contributed by atoms with Crippen LogP contribution in [0.2, 0.25) is 0 Å². The van der Waals surface area contributed by atoms with Gasteiger partial charge in [0.25, 0.3) is 0 Å². The van der Waals surface area contributed by atoms with E-state index < -0.39 is 0 Å². The van der Waals surface area contributed by atoms with E-state index in [4.69, 9.17) is 28.8 Å². The zero-order valence-corrected chi connectivity index (χ0v) is 40.6. The third-order valence-corrected chi connectivity index (χ3v) is 15.0. The Kier molecular flexibility index (Phi) is 9.17. The number of fused-ring (bicyclic) bond motifs is 12. The van der Waals surface area contributed by atoms with E-state index in [9.17, 15) is 0 Å². The average Bonchev–Trinajstić information content (AvgIpc) is 4.34. The monoisotopic (exact) mass is 972 g/mol. The maximum absolute atomic E-state index is 6.71. The predicted octanol–water partition coefficient (Wildman–Crippen LogP) is 17.6. The molecular formula is C68H40N6O2. The SMILES string of the molecule is c1ccc(-c2nc(-c3ccccc3)nc(-c3cc(-c4ccc5oc6cc7c(cc6c5c4)c4ccccc4n7-c4ccccc4)cnc3-c3ccc4oc5cc6c(cc5c4c3)c3ccccc3n6-c3ccccc3)n2)cc1. The first-order valence-electron chi connectivity index (χ1n) is 25.4. The van der Waals surface area contributed by atoms with Gasteiger partial charge in [-0.25, -0.2) is 15.0 Å². The van der Waals surface area contributed by atoms with E-state index in [1.165, 1.54) is 10.8 Å². The average molecular weight is 973 g/mol. The summed E-state index contributed by atoms with van der Waals surface area (Å²) in [6.45, 7) is 0. The van der Waals surface area contributed by atoms with Crippen molar-refractivity contribution in [2.75, 3.05) is 0 Å². The number of hydrogen-bond donors (Lipinski definition) is 0. The number of pyridine rings is 1. The normalized spacial score (nSPS) is 11.9. The molecule has 6 aromatic heterocycles. The summed E-state index contributed by atoms with van der Waals surface area (Å²) < 4.78 is 18.0. The second-order valence-electron chi connectivity index (χ2n) is 19.4. The molecule has 0 N–H and O–H groups in total. The van der Waals surface area contributed by atoms with Gasteiger partial charge < -0.3 is 18.0 Å². The molecule has 0 saturated heterocycles. The highest BCUT2D eigenvalue weighted by atomic mass is 16.3. The number of benzene rings is 10. The molecule has 76 heavy (non-hydrogen) atoms. The van der Waals surface area contributed by atoms with Crippen molar-refractivity contribution in [3.8, 4) is 67.9 Å². The van der Waals surface area contributed by atoms with Crippen LogP contribution in [0.3, 0.4) is 0 Å². The van der Waals surface area contributed by atoms with Crippen LogP contribution in [0.5, 0.6) is 0 Å². The van der Waals surface area contributed by atoms with E-state index in [2.05, 4.69) is 185 Å². The quantitative estimate of drug-likeness (QED) is 0.158. The summed E-state index contributed by atoms with van der Waals surface area (Å²) in [4.78, 5) is 21.0. The summed E-state index contributed by atoms with van der Waals surface area (Å²) in [5, 5.41) is 8.77. The van der Waals surface area contributed by atoms with Crippen LogP contribution in [-0.4, -0.2) is 29.1 Å². The van der Waals surface area contributed by atoms with Gasteiger partial charge in [-0.15, -0.1) is 0 Å². The highest BCUT2D eigenvalue weighted by molar-refractivity contribution is 6.19. The Hall–Kier alpha value is -10.4. The third kappa shape index (κ3) is 6.57. The first kappa shape index (κ1) is 42.1. The summed E-state index contributed by atoms with van der Waals surface area (Å²) in [7, 11) is 0. The van der Waals surface area contributed by atoms with Crippen LogP contribution in [0, 0.1) is 0 Å². The topological polar surface area (TPSA) is 87.7 Å². The van der Waals surface area contributed by atoms with Gasteiger partial charge in [0, 0.05) is 101 Å². The van der Waals surface area contributed by atoms with Crippen molar-refractivity contribution in [3.05, 3.63) is 243 Å². The van der Waals surface area contributed by atoms with Crippen LogP contribution in [0.25, 0.3) is 155 Å². The van der Waals surface area contributed by atoms with Gasteiger partial charge in [-0.3, -0.25) is 4.98 Å². The molecule has 16 aromatic rings. The molecule has 0 unspecified atom stereocenters. The van der Waals surface area contributed by atoms with Crippen LogP contribution in [0.1, 0.15) is 0 Å². The summed E-state index contributed by atoms with van der Waals surface area (Å²) in [5.41, 5.74) is 16.0. The van der Waals surface area contributed by atoms with Gasteiger partial charge in [0.1, 0.15) is 22.3 Å². The smallest absolute Gasteiger partial charge is 0.166 e. The molecule has 0 radical (unpaired) electrons. The van der Waals surface area contributed by atoms with Crippen LogP contribution in [-0.2, 0) is 0 Å². The van der Waals surface area contributed by atoms with E-state index in [1.807, 2.05) is 66.9 Å². The van der Waals surface area contributed by atoms with Crippen molar-refractivity contribution in [3.63, 3.8) is 0 Å². The van der Waals surface area contributed by atoms with Crippen molar-refractivity contribution < 1.29 is 8.83 Å². The standard InChI is InChI=1S/C68H40N6O2/c1-5-17-41(18-6-1)66-70-67(42-19-7-2-8-20-42)72-68(71-66)56-35-45(43-29-31-61-52(33-43)54-36-50-48-25-13-15-27-57(48)73(46-21-9-3-10-22-46)59(50)38-63(54)75-61)40-69-65(56)44-30-32-62-53(34-44)55-37-51-49-26-14-16-28-58(49)74(47-23-11-4-12-24-47)60(51)39-64(55)76-62/h1-40H. The Balaban J connectivity index is 0.900. The molecule has 0 aliphatic carbocycles. The first-order valence-corrected chi connectivity index (χ1v) is 25.4. The van der Waals surface area contributed by atoms with Gasteiger partial charge in [-0.1, -0.05) is 140 Å². The lowest BCUT2D eigenvalue weighted by Gasteiger charge is -2.13. The number of rotatable bonds is 7. The van der Waals surface area contributed by atoms with Crippen molar-refractivity contribution in [2.24, 2.45) is 0 Å². The molecule has 16 rings (SSSR count). The van der Waals surface area contributed by atoms with Gasteiger partial charge in [-0.05, 0) is 90.5 Å². The molecule has 0 amide bonds. The molecular weight excluding hydrogens is 933 g/mol. The molecule has 354 valence electrons. The molecule has 0 bridgehead atoms.